The standard InChI is InChI=1S/C7H4N3O.Y/c11-7-5-1-2-8-3-6(5)9-4-10-7;/h1-2,4H,(H,9,10,11);/q-1;. The van der Waals surface area contributed by atoms with Crippen molar-refractivity contribution in [2.24, 2.45) is 0 Å². The van der Waals surface area contributed by atoms with Crippen molar-refractivity contribution in [3.8, 4) is 0 Å². The summed E-state index contributed by atoms with van der Waals surface area (Å²) in [4.78, 5) is 21.1. The van der Waals surface area contributed by atoms with E-state index in [-0.39, 0.29) is 38.3 Å². The first-order valence-electron chi connectivity index (χ1n) is 3.08. The summed E-state index contributed by atoms with van der Waals surface area (Å²) in [6.45, 7) is 0. The van der Waals surface area contributed by atoms with Gasteiger partial charge in [0.25, 0.3) is 0 Å². The van der Waals surface area contributed by atoms with Crippen molar-refractivity contribution in [1.29, 1.82) is 0 Å². The molecule has 12 heavy (non-hydrogen) atoms. The van der Waals surface area contributed by atoms with Crippen LogP contribution in [0.2, 0.25) is 0 Å². The van der Waals surface area contributed by atoms with Crippen LogP contribution in [0.1, 0.15) is 0 Å². The number of nitrogens with one attached hydrogen (secondary N) is 1. The number of aromatic nitrogens is 3. The molecular weight excluding hydrogens is 231 g/mol. The van der Waals surface area contributed by atoms with Gasteiger partial charge < -0.3 is 9.97 Å². The first-order valence-corrected chi connectivity index (χ1v) is 3.08. The second kappa shape index (κ2) is 3.87. The summed E-state index contributed by atoms with van der Waals surface area (Å²) in [6, 6.07) is 1.61. The summed E-state index contributed by atoms with van der Waals surface area (Å²) in [6.07, 6.45) is 5.46. The maximum absolute atomic E-state index is 11.0. The van der Waals surface area contributed by atoms with Gasteiger partial charge in [0.15, 0.2) is 0 Å². The summed E-state index contributed by atoms with van der Waals surface area (Å²) in [5.41, 5.74) is 0.338. The fourth-order valence-corrected chi connectivity index (χ4v) is 0.864. The monoisotopic (exact) mass is 235 g/mol. The molecule has 0 amide bonds. The Hall–Kier alpha value is -0.606. The summed E-state index contributed by atoms with van der Waals surface area (Å²) in [7, 11) is 0. The first kappa shape index (κ1) is 9.48. The van der Waals surface area contributed by atoms with Crippen molar-refractivity contribution < 1.29 is 32.7 Å². The molecule has 4 nitrogen and oxygen atoms in total. The Bertz CT molecular complexity index is 434. The predicted molar refractivity (Wildman–Crippen MR) is 39.0 cm³/mol. The number of aromatic amines is 1. The molecule has 0 fully saturated rings. The molecule has 2 rings (SSSR count). The molecule has 0 saturated carbocycles. The van der Waals surface area contributed by atoms with Crippen molar-refractivity contribution in [3.05, 3.63) is 35.1 Å². The summed E-state index contributed by atoms with van der Waals surface area (Å²) in [5, 5.41) is 0.516. The Labute approximate surface area is 93.3 Å². The van der Waals surface area contributed by atoms with Gasteiger partial charge in [0.1, 0.15) is 0 Å². The van der Waals surface area contributed by atoms with E-state index in [2.05, 4.69) is 21.1 Å². The van der Waals surface area contributed by atoms with Crippen molar-refractivity contribution >= 4 is 10.9 Å². The molecule has 2 aromatic heterocycles. The van der Waals surface area contributed by atoms with Crippen LogP contribution in [0.25, 0.3) is 10.9 Å². The van der Waals surface area contributed by atoms with Gasteiger partial charge in [-0.2, -0.15) is 0 Å². The minimum Gasteiger partial charge on any atom is -0.392 e. The maximum Gasteiger partial charge on any atom is 0.202 e. The van der Waals surface area contributed by atoms with Gasteiger partial charge in [-0.05, 0) is 10.9 Å². The molecule has 5 heteroatoms. The number of fused-ring (bicyclic) bond motifs is 1. The minimum atomic E-state index is -0.159. The fourth-order valence-electron chi connectivity index (χ4n) is 0.864. The normalized spacial score (nSPS) is 9.33. The minimum absolute atomic E-state index is 0. The van der Waals surface area contributed by atoms with E-state index in [0.717, 1.165) is 0 Å². The topological polar surface area (TPSA) is 58.6 Å². The number of rotatable bonds is 0. The van der Waals surface area contributed by atoms with Crippen LogP contribution >= 0.6 is 0 Å². The zero-order valence-corrected chi connectivity index (χ0v) is 8.95. The van der Waals surface area contributed by atoms with Gasteiger partial charge >= 0.3 is 0 Å². The van der Waals surface area contributed by atoms with E-state index in [1.165, 1.54) is 12.5 Å². The zero-order chi connectivity index (χ0) is 7.68. The van der Waals surface area contributed by atoms with Crippen LogP contribution in [0.4, 0.5) is 0 Å². The molecule has 57 valence electrons. The van der Waals surface area contributed by atoms with E-state index in [1.54, 1.807) is 6.07 Å². The average molecular weight is 235 g/mol. The van der Waals surface area contributed by atoms with Crippen LogP contribution in [-0.4, -0.2) is 15.0 Å². The molecule has 0 unspecified atom stereocenters. The molecule has 1 N–H and O–H groups in total. The summed E-state index contributed by atoms with van der Waals surface area (Å²) in [5.74, 6) is 0. The predicted octanol–water partition coefficient (Wildman–Crippen LogP) is 0.116. The van der Waals surface area contributed by atoms with Crippen LogP contribution < -0.4 is 5.56 Å². The van der Waals surface area contributed by atoms with Crippen molar-refractivity contribution in [1.82, 2.24) is 15.0 Å². The Balaban J connectivity index is 0.000000720. The third kappa shape index (κ3) is 1.59. The SMILES string of the molecule is O=c1[nH]cnc2[c-]nccc12.[Y]. The Morgan fingerprint density at radius 3 is 3.08 bits per heavy atom. The first-order chi connectivity index (χ1) is 5.38. The molecule has 2 aromatic rings. The molecule has 0 atom stereocenters. The molecule has 0 aliphatic carbocycles. The summed E-state index contributed by atoms with van der Waals surface area (Å²) < 4.78 is 0. The molecule has 2 heterocycles. The number of pyridine rings is 1. The Morgan fingerprint density at radius 2 is 2.33 bits per heavy atom. The smallest absolute Gasteiger partial charge is 0.202 e. The number of hydrogen-bond donors (Lipinski definition) is 1. The van der Waals surface area contributed by atoms with E-state index in [4.69, 9.17) is 0 Å². The van der Waals surface area contributed by atoms with Crippen LogP contribution in [-0.2, 0) is 32.7 Å². The molecule has 0 aliphatic heterocycles. The largest absolute Gasteiger partial charge is 0.392 e. The summed E-state index contributed by atoms with van der Waals surface area (Å²) >= 11 is 0. The number of hydrogen-bond acceptors (Lipinski definition) is 3. The molecule has 0 aliphatic rings. The fraction of sp³-hybridized carbons (Fsp3) is 0. The molecule has 0 bridgehead atoms. The zero-order valence-electron chi connectivity index (χ0n) is 6.11. The van der Waals surface area contributed by atoms with Crippen LogP contribution in [0.3, 0.4) is 0 Å². The van der Waals surface area contributed by atoms with E-state index < -0.39 is 0 Å². The molecule has 1 radical (unpaired) electrons. The van der Waals surface area contributed by atoms with E-state index in [9.17, 15) is 4.79 Å². The van der Waals surface area contributed by atoms with E-state index in [0.29, 0.717) is 10.9 Å². The Morgan fingerprint density at radius 1 is 1.50 bits per heavy atom. The van der Waals surface area contributed by atoms with Crippen molar-refractivity contribution in [3.63, 3.8) is 0 Å². The van der Waals surface area contributed by atoms with Gasteiger partial charge in [0.05, 0.1) is 6.33 Å². The van der Waals surface area contributed by atoms with Gasteiger partial charge in [0, 0.05) is 32.7 Å². The van der Waals surface area contributed by atoms with Gasteiger partial charge in [0.2, 0.25) is 5.56 Å². The number of H-pyrrole nitrogens is 1. The van der Waals surface area contributed by atoms with Gasteiger partial charge in [-0.3, -0.25) is 9.78 Å². The molecule has 0 saturated heterocycles. The second-order valence-corrected chi connectivity index (χ2v) is 2.05. The van der Waals surface area contributed by atoms with Crippen molar-refractivity contribution in [2.45, 2.75) is 0 Å². The van der Waals surface area contributed by atoms with Gasteiger partial charge in [-0.15, -0.1) is 6.07 Å². The maximum atomic E-state index is 11.0. The second-order valence-electron chi connectivity index (χ2n) is 2.05. The van der Waals surface area contributed by atoms with Gasteiger partial charge in [-0.25, -0.2) is 0 Å². The van der Waals surface area contributed by atoms with Crippen LogP contribution in [0, 0.1) is 6.20 Å². The Kier molecular flexibility index (Phi) is 3.06. The third-order valence-electron chi connectivity index (χ3n) is 1.38. The molecule has 0 spiro atoms. The molecule has 0 aromatic carbocycles. The quantitative estimate of drug-likeness (QED) is 0.659. The van der Waals surface area contributed by atoms with Crippen LogP contribution in [0.5, 0.6) is 0 Å². The van der Waals surface area contributed by atoms with E-state index in [1.807, 2.05) is 0 Å². The van der Waals surface area contributed by atoms with E-state index >= 15 is 0 Å². The third-order valence-corrected chi connectivity index (χ3v) is 1.38. The number of nitrogens with zero attached hydrogens (tertiary/aromatic N) is 2. The molecular formula is C7H4N3OY-. The average Bonchev–Trinajstić information content (AvgIpc) is 2.06. The van der Waals surface area contributed by atoms with Gasteiger partial charge in [-0.1, -0.05) is 12.4 Å². The van der Waals surface area contributed by atoms with Crippen molar-refractivity contribution in [2.75, 3.05) is 0 Å². The van der Waals surface area contributed by atoms with Crippen LogP contribution in [0.15, 0.2) is 23.4 Å².